The Balaban J connectivity index is 2.26. The number of ketones is 1. The molecule has 2 rings (SSSR count). The molecule has 0 unspecified atom stereocenters. The van der Waals surface area contributed by atoms with Crippen LogP contribution < -0.4 is 9.64 Å². The summed E-state index contributed by atoms with van der Waals surface area (Å²) in [7, 11) is 0. The summed E-state index contributed by atoms with van der Waals surface area (Å²) in [6, 6.07) is 2.89. The van der Waals surface area contributed by atoms with Gasteiger partial charge in [0.2, 0.25) is 0 Å². The van der Waals surface area contributed by atoms with Gasteiger partial charge in [-0.1, -0.05) is 11.6 Å². The maximum absolute atomic E-state index is 14.0. The molecule has 19 heavy (non-hydrogen) atoms. The first kappa shape index (κ1) is 14.1. The number of anilines is 1. The van der Waals surface area contributed by atoms with Crippen LogP contribution in [-0.4, -0.2) is 25.0 Å². The molecule has 0 saturated carbocycles. The van der Waals surface area contributed by atoms with Crippen LogP contribution in [0.4, 0.5) is 10.1 Å². The van der Waals surface area contributed by atoms with E-state index in [1.165, 1.54) is 6.07 Å². The molecule has 0 aromatic heterocycles. The number of rotatable bonds is 3. The molecule has 1 aromatic rings. The number of benzene rings is 1. The fourth-order valence-corrected chi connectivity index (χ4v) is 2.30. The summed E-state index contributed by atoms with van der Waals surface area (Å²) in [5, 5.41) is 0.267. The van der Waals surface area contributed by atoms with Gasteiger partial charge in [0.15, 0.2) is 0 Å². The average molecular weight is 286 g/mol. The largest absolute Gasteiger partial charge is 0.489 e. The Kier molecular flexibility index (Phi) is 4.30. The van der Waals surface area contributed by atoms with Gasteiger partial charge in [0, 0.05) is 32.0 Å². The van der Waals surface area contributed by atoms with Crippen LogP contribution >= 0.6 is 11.6 Å². The van der Waals surface area contributed by atoms with Gasteiger partial charge in [-0.05, 0) is 19.9 Å². The number of ether oxygens (including phenoxy) is 1. The van der Waals surface area contributed by atoms with Gasteiger partial charge in [0.1, 0.15) is 17.3 Å². The van der Waals surface area contributed by atoms with E-state index in [0.29, 0.717) is 37.4 Å². The summed E-state index contributed by atoms with van der Waals surface area (Å²) >= 11 is 5.97. The van der Waals surface area contributed by atoms with Crippen LogP contribution in [0, 0.1) is 5.82 Å². The second-order valence-corrected chi connectivity index (χ2v) is 5.33. The Morgan fingerprint density at radius 3 is 2.53 bits per heavy atom. The van der Waals surface area contributed by atoms with Gasteiger partial charge in [-0.3, -0.25) is 4.79 Å². The van der Waals surface area contributed by atoms with E-state index in [9.17, 15) is 9.18 Å². The lowest BCUT2D eigenvalue weighted by Crippen LogP contribution is -2.34. The van der Waals surface area contributed by atoms with E-state index in [1.807, 2.05) is 18.7 Å². The van der Waals surface area contributed by atoms with Crippen LogP contribution in [0.2, 0.25) is 5.02 Å². The number of carbonyl (C=O) groups excluding carboxylic acids is 1. The molecule has 0 bridgehead atoms. The molecule has 0 amide bonds. The number of piperidine rings is 1. The van der Waals surface area contributed by atoms with Crippen molar-refractivity contribution in [1.82, 2.24) is 0 Å². The summed E-state index contributed by atoms with van der Waals surface area (Å²) in [5.41, 5.74) is 0.451. The van der Waals surface area contributed by atoms with E-state index < -0.39 is 0 Å². The van der Waals surface area contributed by atoms with Crippen LogP contribution in [0.5, 0.6) is 5.75 Å². The van der Waals surface area contributed by atoms with Crippen LogP contribution in [0.1, 0.15) is 26.7 Å². The van der Waals surface area contributed by atoms with Crippen LogP contribution in [-0.2, 0) is 4.79 Å². The Morgan fingerprint density at radius 2 is 1.95 bits per heavy atom. The van der Waals surface area contributed by atoms with Gasteiger partial charge in [0.25, 0.3) is 0 Å². The highest BCUT2D eigenvalue weighted by atomic mass is 35.5. The molecule has 0 aliphatic carbocycles. The predicted molar refractivity (Wildman–Crippen MR) is 73.6 cm³/mol. The van der Waals surface area contributed by atoms with Gasteiger partial charge >= 0.3 is 0 Å². The smallest absolute Gasteiger partial charge is 0.148 e. The molecule has 1 aliphatic rings. The van der Waals surface area contributed by atoms with E-state index in [-0.39, 0.29) is 22.7 Å². The van der Waals surface area contributed by atoms with Crippen molar-refractivity contribution in [3.63, 3.8) is 0 Å². The molecule has 5 heteroatoms. The van der Waals surface area contributed by atoms with Gasteiger partial charge in [-0.15, -0.1) is 0 Å². The number of carbonyl (C=O) groups is 1. The van der Waals surface area contributed by atoms with Crippen LogP contribution in [0.15, 0.2) is 12.1 Å². The minimum atomic E-state index is -0.379. The molecule has 3 nitrogen and oxygen atoms in total. The third-order valence-electron chi connectivity index (χ3n) is 3.03. The van der Waals surface area contributed by atoms with Crippen molar-refractivity contribution in [2.45, 2.75) is 32.8 Å². The second kappa shape index (κ2) is 5.78. The third-order valence-corrected chi connectivity index (χ3v) is 3.32. The SMILES string of the molecule is CC(C)Oc1cc(N2CCC(=O)CC2)c(F)cc1Cl. The van der Waals surface area contributed by atoms with Gasteiger partial charge in [-0.25, -0.2) is 4.39 Å². The van der Waals surface area contributed by atoms with E-state index >= 15 is 0 Å². The molecular formula is C14H17ClFNO2. The first-order chi connectivity index (χ1) is 8.97. The minimum absolute atomic E-state index is 0.0289. The average Bonchev–Trinajstić information content (AvgIpc) is 2.33. The van der Waals surface area contributed by atoms with Crippen molar-refractivity contribution in [2.24, 2.45) is 0 Å². The standard InChI is InChI=1S/C14H17ClFNO2/c1-9(2)19-14-8-13(12(16)7-11(14)15)17-5-3-10(18)4-6-17/h7-9H,3-6H2,1-2H3. The fraction of sp³-hybridized carbons (Fsp3) is 0.500. The number of hydrogen-bond acceptors (Lipinski definition) is 3. The zero-order valence-corrected chi connectivity index (χ0v) is 11.8. The van der Waals surface area contributed by atoms with Crippen molar-refractivity contribution in [1.29, 1.82) is 0 Å². The van der Waals surface area contributed by atoms with Crippen molar-refractivity contribution in [3.8, 4) is 5.75 Å². The van der Waals surface area contributed by atoms with Crippen molar-refractivity contribution in [2.75, 3.05) is 18.0 Å². The molecule has 1 saturated heterocycles. The summed E-state index contributed by atoms with van der Waals surface area (Å²) < 4.78 is 19.5. The molecule has 0 radical (unpaired) electrons. The topological polar surface area (TPSA) is 29.5 Å². The highest BCUT2D eigenvalue weighted by Gasteiger charge is 2.21. The Hall–Kier alpha value is -1.29. The number of halogens is 2. The van der Waals surface area contributed by atoms with Gasteiger partial charge < -0.3 is 9.64 Å². The quantitative estimate of drug-likeness (QED) is 0.852. The van der Waals surface area contributed by atoms with E-state index in [0.717, 1.165) is 0 Å². The molecular weight excluding hydrogens is 269 g/mol. The Labute approximate surface area is 117 Å². The zero-order valence-electron chi connectivity index (χ0n) is 11.1. The molecule has 1 heterocycles. The Morgan fingerprint density at radius 1 is 1.32 bits per heavy atom. The van der Waals surface area contributed by atoms with Crippen molar-refractivity contribution >= 4 is 23.1 Å². The summed E-state index contributed by atoms with van der Waals surface area (Å²) in [6.45, 7) is 4.86. The molecule has 1 aromatic carbocycles. The number of Topliss-reactive ketones (excluding diaryl/α,β-unsaturated/α-hetero) is 1. The maximum atomic E-state index is 14.0. The fourth-order valence-electron chi connectivity index (χ4n) is 2.10. The van der Waals surface area contributed by atoms with Gasteiger partial charge in [0.05, 0.1) is 16.8 Å². The molecule has 0 atom stereocenters. The van der Waals surface area contributed by atoms with Crippen molar-refractivity contribution in [3.05, 3.63) is 23.0 Å². The van der Waals surface area contributed by atoms with Gasteiger partial charge in [-0.2, -0.15) is 0 Å². The summed E-state index contributed by atoms with van der Waals surface area (Å²) in [4.78, 5) is 13.1. The second-order valence-electron chi connectivity index (χ2n) is 4.93. The Bertz CT molecular complexity index is 481. The minimum Gasteiger partial charge on any atom is -0.489 e. The lowest BCUT2D eigenvalue weighted by atomic mass is 10.1. The third kappa shape index (κ3) is 3.38. The first-order valence-corrected chi connectivity index (χ1v) is 6.77. The lowest BCUT2D eigenvalue weighted by Gasteiger charge is -2.29. The predicted octanol–water partition coefficient (Wildman–Crippen LogP) is 3.44. The van der Waals surface area contributed by atoms with E-state index in [1.54, 1.807) is 6.07 Å². The van der Waals surface area contributed by atoms with Crippen LogP contribution in [0.25, 0.3) is 0 Å². The van der Waals surface area contributed by atoms with E-state index in [4.69, 9.17) is 16.3 Å². The lowest BCUT2D eigenvalue weighted by molar-refractivity contribution is -0.119. The normalized spacial score (nSPS) is 16.1. The summed E-state index contributed by atoms with van der Waals surface area (Å²) in [6.07, 6.45) is 0.893. The monoisotopic (exact) mass is 285 g/mol. The van der Waals surface area contributed by atoms with Crippen LogP contribution in [0.3, 0.4) is 0 Å². The molecule has 104 valence electrons. The number of hydrogen-bond donors (Lipinski definition) is 0. The first-order valence-electron chi connectivity index (χ1n) is 6.39. The van der Waals surface area contributed by atoms with E-state index in [2.05, 4.69) is 0 Å². The van der Waals surface area contributed by atoms with Crippen molar-refractivity contribution < 1.29 is 13.9 Å². The molecule has 1 fully saturated rings. The molecule has 0 N–H and O–H groups in total. The maximum Gasteiger partial charge on any atom is 0.148 e. The summed E-state index contributed by atoms with van der Waals surface area (Å²) in [5.74, 6) is 0.324. The number of nitrogens with zero attached hydrogens (tertiary/aromatic N) is 1. The zero-order chi connectivity index (χ0) is 14.0. The molecule has 1 aliphatic heterocycles. The highest BCUT2D eigenvalue weighted by molar-refractivity contribution is 6.32. The molecule has 0 spiro atoms. The highest BCUT2D eigenvalue weighted by Crippen LogP contribution is 2.34.